The third kappa shape index (κ3) is 4.44. The fourth-order valence-electron chi connectivity index (χ4n) is 4.12. The third-order valence-corrected chi connectivity index (χ3v) is 5.59. The summed E-state index contributed by atoms with van der Waals surface area (Å²) in [5.41, 5.74) is 1.29. The average Bonchev–Trinajstić information content (AvgIpc) is 2.34. The molecule has 4 fully saturated rings. The second kappa shape index (κ2) is 7.77. The van der Waals surface area contributed by atoms with Gasteiger partial charge < -0.3 is 31.1 Å². The molecule has 2 saturated heterocycles. The van der Waals surface area contributed by atoms with Crippen molar-refractivity contribution in [1.29, 1.82) is 0 Å². The number of aliphatic carboxylic acids is 2. The van der Waals surface area contributed by atoms with Crippen LogP contribution in [0, 0.1) is 22.7 Å². The van der Waals surface area contributed by atoms with Crippen molar-refractivity contribution in [3.05, 3.63) is 0 Å². The van der Waals surface area contributed by atoms with E-state index in [9.17, 15) is 0 Å². The van der Waals surface area contributed by atoms with Crippen LogP contribution < -0.4 is 10.6 Å². The minimum atomic E-state index is -1.82. The first-order valence-electron chi connectivity index (χ1n) is 8.43. The van der Waals surface area contributed by atoms with E-state index in [1.54, 1.807) is 0 Å². The maximum Gasteiger partial charge on any atom is 0.414 e. The summed E-state index contributed by atoms with van der Waals surface area (Å²) in [7, 11) is 0. The summed E-state index contributed by atoms with van der Waals surface area (Å²) in [5.74, 6) is -2.38. The first-order chi connectivity index (χ1) is 11.3. The van der Waals surface area contributed by atoms with Crippen molar-refractivity contribution in [2.24, 2.45) is 22.7 Å². The monoisotopic (exact) mass is 344 g/mol. The molecule has 0 aromatic rings. The van der Waals surface area contributed by atoms with Gasteiger partial charge in [0.2, 0.25) is 0 Å². The Kier molecular flexibility index (Phi) is 6.19. The smallest absolute Gasteiger partial charge is 0.414 e. The Balaban J connectivity index is 0.000000134. The van der Waals surface area contributed by atoms with Crippen LogP contribution in [0.25, 0.3) is 0 Å². The number of carbonyl (C=O) groups is 2. The van der Waals surface area contributed by atoms with Crippen molar-refractivity contribution < 1.29 is 30.0 Å². The lowest BCUT2D eigenvalue weighted by atomic mass is 9.59. The molecule has 6 N–H and O–H groups in total. The highest BCUT2D eigenvalue weighted by molar-refractivity contribution is 6.27. The third-order valence-electron chi connectivity index (χ3n) is 5.59. The topological polar surface area (TPSA) is 139 Å². The van der Waals surface area contributed by atoms with Crippen LogP contribution in [0.5, 0.6) is 0 Å². The van der Waals surface area contributed by atoms with Gasteiger partial charge in [-0.1, -0.05) is 0 Å². The number of hydrogen-bond acceptors (Lipinski definition) is 6. The molecule has 2 saturated carbocycles. The molecule has 24 heavy (non-hydrogen) atoms. The molecule has 2 aliphatic carbocycles. The average molecular weight is 344 g/mol. The maximum atomic E-state index is 9.10. The van der Waals surface area contributed by atoms with Gasteiger partial charge >= 0.3 is 11.9 Å². The van der Waals surface area contributed by atoms with Crippen LogP contribution in [0.15, 0.2) is 0 Å². The fraction of sp³-hybridized carbons (Fsp3) is 0.875. The fourth-order valence-corrected chi connectivity index (χ4v) is 4.12. The molecule has 4 rings (SSSR count). The Labute approximate surface area is 141 Å². The van der Waals surface area contributed by atoms with E-state index in [0.717, 1.165) is 0 Å². The van der Waals surface area contributed by atoms with Crippen LogP contribution in [0.4, 0.5) is 0 Å². The minimum Gasteiger partial charge on any atom is -0.473 e. The summed E-state index contributed by atoms with van der Waals surface area (Å²) in [5, 5.41) is 38.8. The summed E-state index contributed by atoms with van der Waals surface area (Å²) < 4.78 is 0. The lowest BCUT2D eigenvalue weighted by Crippen LogP contribution is -2.60. The van der Waals surface area contributed by atoms with Gasteiger partial charge in [-0.25, -0.2) is 9.59 Å². The first-order valence-corrected chi connectivity index (χ1v) is 8.43. The van der Waals surface area contributed by atoms with Crippen molar-refractivity contribution in [1.82, 2.24) is 10.6 Å². The molecule has 2 spiro atoms. The Morgan fingerprint density at radius 2 is 1.04 bits per heavy atom. The molecule has 8 heteroatoms. The summed E-state index contributed by atoms with van der Waals surface area (Å²) in [6.07, 6.45) is 5.04. The minimum absolute atomic E-state index is 0.405. The SMILES string of the molecule is O=C(O)C(=O)O.OCC1CC2(CNC2)C1.OCC1CC2(CNC2)C1. The van der Waals surface area contributed by atoms with Crippen molar-refractivity contribution in [3.63, 3.8) is 0 Å². The maximum absolute atomic E-state index is 9.10. The van der Waals surface area contributed by atoms with E-state index >= 15 is 0 Å². The van der Waals surface area contributed by atoms with Gasteiger partial charge in [0.25, 0.3) is 0 Å². The second-order valence-corrected chi connectivity index (χ2v) is 7.73. The van der Waals surface area contributed by atoms with E-state index in [0.29, 0.717) is 35.9 Å². The summed E-state index contributed by atoms with van der Waals surface area (Å²) >= 11 is 0. The highest BCUT2D eigenvalue weighted by Gasteiger charge is 2.48. The molecule has 0 amide bonds. The normalized spacial score (nSPS) is 27.8. The van der Waals surface area contributed by atoms with Gasteiger partial charge in [0.15, 0.2) is 0 Å². The molecule has 2 aliphatic heterocycles. The largest absolute Gasteiger partial charge is 0.473 e. The van der Waals surface area contributed by atoms with Gasteiger partial charge in [-0.2, -0.15) is 0 Å². The first kappa shape index (κ1) is 19.1. The Hall–Kier alpha value is -1.22. The molecule has 138 valence electrons. The van der Waals surface area contributed by atoms with Crippen molar-refractivity contribution >= 4 is 11.9 Å². The zero-order valence-electron chi connectivity index (χ0n) is 13.8. The van der Waals surface area contributed by atoms with Crippen LogP contribution in [-0.2, 0) is 9.59 Å². The van der Waals surface area contributed by atoms with Crippen molar-refractivity contribution in [2.45, 2.75) is 25.7 Å². The molecule has 0 aromatic heterocycles. The number of aliphatic hydroxyl groups excluding tert-OH is 2. The molecule has 0 bridgehead atoms. The molecule has 8 nitrogen and oxygen atoms in total. The highest BCUT2D eigenvalue weighted by Crippen LogP contribution is 2.48. The predicted octanol–water partition coefficient (Wildman–Crippen LogP) is -0.888. The van der Waals surface area contributed by atoms with Crippen LogP contribution in [-0.4, -0.2) is 71.8 Å². The van der Waals surface area contributed by atoms with Crippen LogP contribution in [0.2, 0.25) is 0 Å². The van der Waals surface area contributed by atoms with Crippen LogP contribution in [0.3, 0.4) is 0 Å². The molecule has 0 radical (unpaired) electrons. The lowest BCUT2D eigenvalue weighted by Gasteiger charge is -2.54. The van der Waals surface area contributed by atoms with Gasteiger partial charge in [-0.05, 0) is 48.3 Å². The van der Waals surface area contributed by atoms with Gasteiger partial charge in [0.05, 0.1) is 0 Å². The summed E-state index contributed by atoms with van der Waals surface area (Å²) in [6.45, 7) is 5.60. The standard InChI is InChI=1S/2C7H13NO.C2H2O4/c2*9-3-6-1-7(2-6)4-8-5-7;3-1(4)2(5)6/h2*6,8-9H,1-5H2;(H,3,4)(H,5,6). The van der Waals surface area contributed by atoms with Gasteiger partial charge in [0.1, 0.15) is 0 Å². The number of carboxylic acids is 2. The van der Waals surface area contributed by atoms with Gasteiger partial charge in [0, 0.05) is 39.4 Å². The van der Waals surface area contributed by atoms with E-state index < -0.39 is 11.9 Å². The molecule has 0 atom stereocenters. The van der Waals surface area contributed by atoms with Gasteiger partial charge in [-0.15, -0.1) is 0 Å². The van der Waals surface area contributed by atoms with Crippen LogP contribution >= 0.6 is 0 Å². The molecule has 4 aliphatic rings. The lowest BCUT2D eigenvalue weighted by molar-refractivity contribution is -0.159. The summed E-state index contributed by atoms with van der Waals surface area (Å²) in [4.78, 5) is 18.2. The molecule has 0 aromatic carbocycles. The van der Waals surface area contributed by atoms with Crippen LogP contribution in [0.1, 0.15) is 25.7 Å². The number of carboxylic acid groups (broad SMARTS) is 2. The molecule has 0 unspecified atom stereocenters. The number of nitrogens with one attached hydrogen (secondary N) is 2. The predicted molar refractivity (Wildman–Crippen MR) is 85.5 cm³/mol. The van der Waals surface area contributed by atoms with E-state index in [2.05, 4.69) is 10.6 Å². The number of rotatable bonds is 2. The van der Waals surface area contributed by atoms with E-state index in [-0.39, 0.29) is 0 Å². The molecule has 2 heterocycles. The molecular weight excluding hydrogens is 316 g/mol. The number of aliphatic hydroxyl groups is 2. The van der Waals surface area contributed by atoms with E-state index in [1.807, 2.05) is 0 Å². The quantitative estimate of drug-likeness (QED) is 0.355. The van der Waals surface area contributed by atoms with E-state index in [1.165, 1.54) is 51.9 Å². The second-order valence-electron chi connectivity index (χ2n) is 7.73. The van der Waals surface area contributed by atoms with Crippen molar-refractivity contribution in [3.8, 4) is 0 Å². The zero-order chi connectivity index (χ0) is 17.8. The Morgan fingerprint density at radius 1 is 0.750 bits per heavy atom. The van der Waals surface area contributed by atoms with Crippen molar-refractivity contribution in [2.75, 3.05) is 39.4 Å². The zero-order valence-corrected chi connectivity index (χ0v) is 13.8. The molecular formula is C16H28N2O6. The Morgan fingerprint density at radius 3 is 1.17 bits per heavy atom. The Bertz CT molecular complexity index is 403. The summed E-state index contributed by atoms with van der Waals surface area (Å²) in [6, 6.07) is 0. The van der Waals surface area contributed by atoms with E-state index in [4.69, 9.17) is 30.0 Å². The van der Waals surface area contributed by atoms with Gasteiger partial charge in [-0.3, -0.25) is 0 Å². The number of hydrogen-bond donors (Lipinski definition) is 6. The highest BCUT2D eigenvalue weighted by atomic mass is 16.4.